The Labute approximate surface area is 288 Å². The molecule has 2 aromatic rings. The molecule has 1 aromatic carbocycles. The van der Waals surface area contributed by atoms with Crippen LogP contribution in [-0.4, -0.2) is 75.5 Å². The fourth-order valence-electron chi connectivity index (χ4n) is 3.92. The van der Waals surface area contributed by atoms with Gasteiger partial charge in [0.15, 0.2) is 0 Å². The summed E-state index contributed by atoms with van der Waals surface area (Å²) < 4.78 is 29.1. The first-order valence-corrected chi connectivity index (χ1v) is 16.0. The van der Waals surface area contributed by atoms with Gasteiger partial charge in [0.05, 0.1) is 5.69 Å². The fourth-order valence-corrected chi connectivity index (χ4v) is 3.92. The lowest BCUT2D eigenvalue weighted by Gasteiger charge is -2.28. The maximum absolute atomic E-state index is 13.5. The van der Waals surface area contributed by atoms with Crippen molar-refractivity contribution in [3.05, 3.63) is 30.5 Å². The van der Waals surface area contributed by atoms with Crippen LogP contribution >= 0.6 is 0 Å². The third-order valence-corrected chi connectivity index (χ3v) is 5.74. The number of hydrogen-bond acceptors (Lipinski definition) is 12. The van der Waals surface area contributed by atoms with Gasteiger partial charge >= 0.3 is 24.2 Å². The summed E-state index contributed by atoms with van der Waals surface area (Å²) in [5.41, 5.74) is -2.21. The number of benzene rings is 1. The Kier molecular flexibility index (Phi) is 13.6. The average Bonchev–Trinajstić information content (AvgIpc) is 3.31. The maximum atomic E-state index is 13.5. The van der Waals surface area contributed by atoms with E-state index in [1.54, 1.807) is 118 Å². The van der Waals surface area contributed by atoms with E-state index >= 15 is 0 Å². The number of rotatable bonds is 11. The van der Waals surface area contributed by atoms with Gasteiger partial charge in [-0.3, -0.25) is 4.84 Å². The Morgan fingerprint density at radius 3 is 1.78 bits per heavy atom. The van der Waals surface area contributed by atoms with Crippen molar-refractivity contribution in [3.63, 3.8) is 0 Å². The van der Waals surface area contributed by atoms with Crippen molar-refractivity contribution in [2.45, 2.75) is 125 Å². The number of anilines is 1. The van der Waals surface area contributed by atoms with Crippen molar-refractivity contribution in [1.82, 2.24) is 14.9 Å². The lowest BCUT2D eigenvalue weighted by Crippen LogP contribution is -2.45. The first-order valence-electron chi connectivity index (χ1n) is 16.0. The summed E-state index contributed by atoms with van der Waals surface area (Å²) in [6.07, 6.45) is -1.60. The lowest BCUT2D eigenvalue weighted by atomic mass is 10.1. The topological polar surface area (TPSA) is 183 Å². The Hall–Kier alpha value is -4.37. The standard InChI is InChI=1S/C34H53N5O10/c1-31(2,3)45-26(40)25(49-35)21-44-23-16-14-22(15-17-23)24-20-38(19-13-18-36-28(41)46-32(4,5)6)27(37-24)39(29(42)47-33(7,8)9)30(43)48-34(10,11)12/h14-17,20,25H,13,18-19,21,35H2,1-12H3,(H,36,41)/t25-/m0/s1. The van der Waals surface area contributed by atoms with E-state index in [9.17, 15) is 19.2 Å². The molecule has 0 saturated carbocycles. The summed E-state index contributed by atoms with van der Waals surface area (Å²) in [4.78, 5) is 61.6. The molecule has 1 heterocycles. The number of alkyl carbamates (subject to hydrolysis) is 1. The highest BCUT2D eigenvalue weighted by Crippen LogP contribution is 2.28. The highest BCUT2D eigenvalue weighted by Gasteiger charge is 2.36. The number of hydrogen-bond donors (Lipinski definition) is 2. The largest absolute Gasteiger partial charge is 0.490 e. The van der Waals surface area contributed by atoms with Gasteiger partial charge in [-0.2, -0.15) is 0 Å². The number of imide groups is 1. The second kappa shape index (κ2) is 16.4. The van der Waals surface area contributed by atoms with Gasteiger partial charge in [-0.15, -0.1) is 4.90 Å². The number of nitrogens with two attached hydrogens (primary N) is 1. The van der Waals surface area contributed by atoms with Crippen LogP contribution in [0.1, 0.15) is 89.5 Å². The van der Waals surface area contributed by atoms with Gasteiger partial charge in [-0.05, 0) is 114 Å². The van der Waals surface area contributed by atoms with E-state index in [4.69, 9.17) is 34.4 Å². The van der Waals surface area contributed by atoms with E-state index in [0.29, 0.717) is 23.4 Å². The van der Waals surface area contributed by atoms with E-state index in [0.717, 1.165) is 4.90 Å². The summed E-state index contributed by atoms with van der Waals surface area (Å²) in [7, 11) is 0. The van der Waals surface area contributed by atoms with Gasteiger partial charge in [-0.1, -0.05) is 0 Å². The molecule has 15 heteroatoms. The van der Waals surface area contributed by atoms with Crippen molar-refractivity contribution in [2.75, 3.05) is 18.1 Å². The third kappa shape index (κ3) is 14.7. The van der Waals surface area contributed by atoms with Gasteiger partial charge in [0.1, 0.15) is 34.8 Å². The molecule has 0 unspecified atom stereocenters. The monoisotopic (exact) mass is 691 g/mol. The molecule has 3 amide bonds. The molecule has 0 aliphatic heterocycles. The van der Waals surface area contributed by atoms with Crippen LogP contribution in [0.25, 0.3) is 11.3 Å². The van der Waals surface area contributed by atoms with Crippen LogP contribution in [0.2, 0.25) is 0 Å². The number of ether oxygens (including phenoxy) is 5. The number of carbonyl (C=O) groups is 4. The van der Waals surface area contributed by atoms with E-state index in [-0.39, 0.29) is 25.6 Å². The molecule has 0 saturated heterocycles. The average molecular weight is 692 g/mol. The van der Waals surface area contributed by atoms with E-state index in [1.165, 1.54) is 0 Å². The molecule has 0 bridgehead atoms. The van der Waals surface area contributed by atoms with Crippen LogP contribution in [0.3, 0.4) is 0 Å². The summed E-state index contributed by atoms with van der Waals surface area (Å²) in [6, 6.07) is 6.74. The molecular weight excluding hydrogens is 638 g/mol. The third-order valence-electron chi connectivity index (χ3n) is 5.74. The maximum Gasteiger partial charge on any atom is 0.427 e. The number of carbonyl (C=O) groups excluding carboxylic acids is 4. The fraction of sp³-hybridized carbons (Fsp3) is 0.618. The molecule has 0 spiro atoms. The summed E-state index contributed by atoms with van der Waals surface area (Å²) in [5, 5.41) is 2.70. The Morgan fingerprint density at radius 1 is 0.796 bits per heavy atom. The predicted octanol–water partition coefficient (Wildman–Crippen LogP) is 6.12. The van der Waals surface area contributed by atoms with Gasteiger partial charge in [0, 0.05) is 24.8 Å². The summed E-state index contributed by atoms with van der Waals surface area (Å²) >= 11 is 0. The first kappa shape index (κ1) is 40.8. The van der Waals surface area contributed by atoms with Gasteiger partial charge in [-0.25, -0.2) is 30.1 Å². The minimum atomic E-state index is -1.14. The number of amides is 3. The molecule has 2 rings (SSSR count). The summed E-state index contributed by atoms with van der Waals surface area (Å²) in [6.45, 7) is 20.8. The normalized spacial score (nSPS) is 12.8. The quantitative estimate of drug-likeness (QED) is 0.119. The molecule has 15 nitrogen and oxygen atoms in total. The van der Waals surface area contributed by atoms with Crippen LogP contribution in [0.5, 0.6) is 5.75 Å². The molecule has 0 aliphatic carbocycles. The smallest absolute Gasteiger partial charge is 0.427 e. The zero-order valence-corrected chi connectivity index (χ0v) is 30.8. The van der Waals surface area contributed by atoms with Crippen molar-refractivity contribution < 1.29 is 47.7 Å². The zero-order chi connectivity index (χ0) is 37.4. The van der Waals surface area contributed by atoms with E-state index in [1.807, 2.05) is 0 Å². The molecule has 49 heavy (non-hydrogen) atoms. The van der Waals surface area contributed by atoms with Crippen LogP contribution in [0.15, 0.2) is 30.5 Å². The SMILES string of the molecule is CC(C)(C)OC(=O)NCCCn1cc(-c2ccc(OC[C@H](ON)C(=O)OC(C)(C)C)cc2)nc1N(C(=O)OC(C)(C)C)C(=O)OC(C)(C)C. The van der Waals surface area contributed by atoms with E-state index in [2.05, 4.69) is 10.3 Å². The minimum Gasteiger partial charge on any atom is -0.490 e. The number of nitrogens with zero attached hydrogens (tertiary/aromatic N) is 3. The molecule has 1 aromatic heterocycles. The molecule has 0 radical (unpaired) electrons. The summed E-state index contributed by atoms with van der Waals surface area (Å²) in [5.74, 6) is 5.00. The molecular formula is C34H53N5O10. The molecule has 0 fully saturated rings. The minimum absolute atomic E-state index is 0.0450. The van der Waals surface area contributed by atoms with Crippen LogP contribution in [-0.2, 0) is 35.1 Å². The highest BCUT2D eigenvalue weighted by molar-refractivity contribution is 6.08. The first-order chi connectivity index (χ1) is 22.4. The van der Waals surface area contributed by atoms with Crippen LogP contribution in [0.4, 0.5) is 20.3 Å². The van der Waals surface area contributed by atoms with Gasteiger partial charge < -0.3 is 33.6 Å². The van der Waals surface area contributed by atoms with Gasteiger partial charge in [0.2, 0.25) is 12.1 Å². The molecule has 1 atom stereocenters. The zero-order valence-electron chi connectivity index (χ0n) is 30.8. The number of imidazole rings is 1. The number of nitrogens with one attached hydrogen (secondary N) is 1. The Bertz CT molecular complexity index is 1400. The second-order valence-electron chi connectivity index (χ2n) is 15.2. The molecule has 274 valence electrons. The number of esters is 1. The highest BCUT2D eigenvalue weighted by atomic mass is 16.7. The second-order valence-corrected chi connectivity index (χ2v) is 15.2. The van der Waals surface area contributed by atoms with Crippen LogP contribution in [0, 0.1) is 0 Å². The van der Waals surface area contributed by atoms with Crippen molar-refractivity contribution in [2.24, 2.45) is 5.90 Å². The molecule has 0 aliphatic rings. The van der Waals surface area contributed by atoms with Crippen molar-refractivity contribution in [3.8, 4) is 17.0 Å². The predicted molar refractivity (Wildman–Crippen MR) is 182 cm³/mol. The Balaban J connectivity index is 2.41. The van der Waals surface area contributed by atoms with Crippen molar-refractivity contribution in [1.29, 1.82) is 0 Å². The molecule has 3 N–H and O–H groups in total. The number of aryl methyl sites for hydroxylation is 1. The Morgan fingerprint density at radius 2 is 1.31 bits per heavy atom. The van der Waals surface area contributed by atoms with Crippen molar-refractivity contribution >= 4 is 30.2 Å². The lowest BCUT2D eigenvalue weighted by molar-refractivity contribution is -0.170. The van der Waals surface area contributed by atoms with Crippen LogP contribution < -0.4 is 20.9 Å². The van der Waals surface area contributed by atoms with E-state index < -0.39 is 52.8 Å². The number of aromatic nitrogens is 2. The van der Waals surface area contributed by atoms with Gasteiger partial charge in [0.25, 0.3) is 0 Å².